The number of nitrogens with zero attached hydrogens (tertiary/aromatic N) is 3. The Kier molecular flexibility index (Phi) is 3.18. The Morgan fingerprint density at radius 3 is 2.05 bits per heavy atom. The SMILES string of the molecule is CC(=O)C1=NN(c2ccccc2)NN1c1ccccc1. The Labute approximate surface area is 117 Å². The summed E-state index contributed by atoms with van der Waals surface area (Å²) in [4.78, 5) is 11.8. The first-order valence-corrected chi connectivity index (χ1v) is 6.32. The van der Waals surface area contributed by atoms with E-state index in [0.29, 0.717) is 5.84 Å². The zero-order valence-electron chi connectivity index (χ0n) is 11.0. The molecule has 1 aliphatic heterocycles. The molecule has 20 heavy (non-hydrogen) atoms. The zero-order chi connectivity index (χ0) is 13.9. The summed E-state index contributed by atoms with van der Waals surface area (Å²) in [5.74, 6) is 0.264. The van der Waals surface area contributed by atoms with E-state index in [1.807, 2.05) is 60.7 Å². The third-order valence-corrected chi connectivity index (χ3v) is 2.93. The van der Waals surface area contributed by atoms with Crippen molar-refractivity contribution >= 4 is 23.0 Å². The minimum atomic E-state index is -0.0974. The van der Waals surface area contributed by atoms with Gasteiger partial charge in [0.1, 0.15) is 0 Å². The van der Waals surface area contributed by atoms with Gasteiger partial charge in [0.2, 0.25) is 5.84 Å². The van der Waals surface area contributed by atoms with Gasteiger partial charge in [0.25, 0.3) is 0 Å². The second kappa shape index (κ2) is 5.14. The molecule has 0 spiro atoms. The number of hydrazine groups is 2. The largest absolute Gasteiger partial charge is 0.291 e. The van der Waals surface area contributed by atoms with Crippen LogP contribution in [0.25, 0.3) is 0 Å². The van der Waals surface area contributed by atoms with E-state index >= 15 is 0 Å². The first-order chi connectivity index (χ1) is 9.75. The normalized spacial score (nSPS) is 14.3. The molecule has 0 fully saturated rings. The molecule has 0 aromatic heterocycles. The fraction of sp³-hybridized carbons (Fsp3) is 0.0667. The topological polar surface area (TPSA) is 47.9 Å². The standard InChI is InChI=1S/C15H14N4O/c1-12(20)15-16-19(14-10-6-3-7-11-14)17-18(15)13-8-4-2-5-9-13/h2-11,17H,1H3. The Hall–Kier alpha value is -2.66. The van der Waals surface area contributed by atoms with E-state index in [0.717, 1.165) is 11.4 Å². The highest BCUT2D eigenvalue weighted by Gasteiger charge is 2.27. The van der Waals surface area contributed by atoms with Gasteiger partial charge in [-0.3, -0.25) is 4.79 Å². The quantitative estimate of drug-likeness (QED) is 0.926. The van der Waals surface area contributed by atoms with Crippen molar-refractivity contribution in [2.75, 3.05) is 10.1 Å². The van der Waals surface area contributed by atoms with Crippen LogP contribution in [0.5, 0.6) is 0 Å². The first kappa shape index (κ1) is 12.4. The van der Waals surface area contributed by atoms with Gasteiger partial charge < -0.3 is 0 Å². The number of benzene rings is 2. The predicted molar refractivity (Wildman–Crippen MR) is 79.1 cm³/mol. The molecule has 0 saturated heterocycles. The molecule has 5 heteroatoms. The molecule has 0 saturated carbocycles. The van der Waals surface area contributed by atoms with Gasteiger partial charge in [-0.15, -0.1) is 10.6 Å². The molecule has 1 N–H and O–H groups in total. The number of carbonyl (C=O) groups is 1. The van der Waals surface area contributed by atoms with Crippen LogP contribution in [0.3, 0.4) is 0 Å². The van der Waals surface area contributed by atoms with E-state index < -0.39 is 0 Å². The average molecular weight is 266 g/mol. The lowest BCUT2D eigenvalue weighted by Gasteiger charge is -2.21. The average Bonchev–Trinajstić information content (AvgIpc) is 2.94. The van der Waals surface area contributed by atoms with E-state index in [4.69, 9.17) is 0 Å². The molecule has 0 unspecified atom stereocenters. The van der Waals surface area contributed by atoms with Crippen molar-refractivity contribution < 1.29 is 4.79 Å². The van der Waals surface area contributed by atoms with Crippen LogP contribution in [0.4, 0.5) is 11.4 Å². The van der Waals surface area contributed by atoms with Crippen LogP contribution in [-0.4, -0.2) is 11.6 Å². The minimum absolute atomic E-state index is 0.0974. The number of para-hydroxylation sites is 2. The lowest BCUT2D eigenvalue weighted by Crippen LogP contribution is -2.45. The smallest absolute Gasteiger partial charge is 0.214 e. The fourth-order valence-corrected chi connectivity index (χ4v) is 1.97. The van der Waals surface area contributed by atoms with Crippen molar-refractivity contribution in [3.8, 4) is 0 Å². The maximum Gasteiger partial charge on any atom is 0.214 e. The molecular weight excluding hydrogens is 252 g/mol. The zero-order valence-corrected chi connectivity index (χ0v) is 11.0. The number of rotatable bonds is 3. The molecule has 0 amide bonds. The first-order valence-electron chi connectivity index (χ1n) is 6.32. The van der Waals surface area contributed by atoms with Crippen molar-refractivity contribution in [1.29, 1.82) is 0 Å². The molecule has 0 aliphatic carbocycles. The molecule has 0 radical (unpaired) electrons. The van der Waals surface area contributed by atoms with Crippen LogP contribution in [0.2, 0.25) is 0 Å². The number of Topliss-reactive ketones (excluding diaryl/α,β-unsaturated/α-hetero) is 1. The van der Waals surface area contributed by atoms with Crippen molar-refractivity contribution in [3.63, 3.8) is 0 Å². The summed E-state index contributed by atoms with van der Waals surface area (Å²) in [5, 5.41) is 7.59. The molecule has 1 heterocycles. The van der Waals surface area contributed by atoms with E-state index in [1.54, 1.807) is 10.1 Å². The molecule has 0 bridgehead atoms. The molecule has 0 atom stereocenters. The number of hydrogen-bond acceptors (Lipinski definition) is 5. The van der Waals surface area contributed by atoms with E-state index in [2.05, 4.69) is 10.6 Å². The summed E-state index contributed by atoms with van der Waals surface area (Å²) in [6, 6.07) is 19.2. The number of anilines is 2. The number of ketones is 1. The second-order valence-electron chi connectivity index (χ2n) is 4.40. The number of hydrazone groups is 1. The van der Waals surface area contributed by atoms with Crippen LogP contribution < -0.4 is 15.7 Å². The second-order valence-corrected chi connectivity index (χ2v) is 4.40. The number of hydrogen-bond donors (Lipinski definition) is 1. The summed E-state index contributed by atoms with van der Waals surface area (Å²) >= 11 is 0. The highest BCUT2D eigenvalue weighted by molar-refractivity contribution is 6.43. The lowest BCUT2D eigenvalue weighted by molar-refractivity contribution is -0.111. The van der Waals surface area contributed by atoms with Gasteiger partial charge in [0.05, 0.1) is 11.4 Å². The van der Waals surface area contributed by atoms with Crippen molar-refractivity contribution in [1.82, 2.24) is 5.53 Å². The lowest BCUT2D eigenvalue weighted by atomic mass is 10.3. The van der Waals surface area contributed by atoms with Crippen molar-refractivity contribution in [3.05, 3.63) is 60.7 Å². The minimum Gasteiger partial charge on any atom is -0.291 e. The van der Waals surface area contributed by atoms with Gasteiger partial charge in [0, 0.05) is 6.92 Å². The van der Waals surface area contributed by atoms with Crippen LogP contribution in [0.1, 0.15) is 6.92 Å². The van der Waals surface area contributed by atoms with Crippen LogP contribution in [-0.2, 0) is 4.79 Å². The van der Waals surface area contributed by atoms with Crippen LogP contribution in [0.15, 0.2) is 65.8 Å². The third-order valence-electron chi connectivity index (χ3n) is 2.93. The highest BCUT2D eigenvalue weighted by atomic mass is 16.1. The van der Waals surface area contributed by atoms with Gasteiger partial charge in [-0.1, -0.05) is 36.4 Å². The highest BCUT2D eigenvalue weighted by Crippen LogP contribution is 2.21. The van der Waals surface area contributed by atoms with Gasteiger partial charge in [-0.2, -0.15) is 5.12 Å². The number of nitrogens with one attached hydrogen (secondary N) is 1. The van der Waals surface area contributed by atoms with E-state index in [-0.39, 0.29) is 5.78 Å². The van der Waals surface area contributed by atoms with E-state index in [9.17, 15) is 4.79 Å². The molecule has 2 aromatic rings. The summed E-state index contributed by atoms with van der Waals surface area (Å²) < 4.78 is 0. The van der Waals surface area contributed by atoms with Gasteiger partial charge >= 0.3 is 0 Å². The summed E-state index contributed by atoms with van der Waals surface area (Å²) in [6.07, 6.45) is 0. The molecule has 2 aromatic carbocycles. The summed E-state index contributed by atoms with van der Waals surface area (Å²) in [7, 11) is 0. The summed E-state index contributed by atoms with van der Waals surface area (Å²) in [6.45, 7) is 1.50. The van der Waals surface area contributed by atoms with Crippen LogP contribution in [0, 0.1) is 0 Å². The Morgan fingerprint density at radius 2 is 1.50 bits per heavy atom. The number of amidine groups is 1. The van der Waals surface area contributed by atoms with Gasteiger partial charge in [-0.25, -0.2) is 5.01 Å². The fourth-order valence-electron chi connectivity index (χ4n) is 1.97. The Morgan fingerprint density at radius 1 is 0.950 bits per heavy atom. The van der Waals surface area contributed by atoms with Crippen molar-refractivity contribution in [2.45, 2.75) is 6.92 Å². The van der Waals surface area contributed by atoms with Gasteiger partial charge in [0.15, 0.2) is 5.78 Å². The van der Waals surface area contributed by atoms with E-state index in [1.165, 1.54) is 6.92 Å². The molecule has 100 valence electrons. The summed E-state index contributed by atoms with van der Waals surface area (Å²) in [5.41, 5.74) is 4.82. The third kappa shape index (κ3) is 2.26. The Bertz CT molecular complexity index is 639. The van der Waals surface area contributed by atoms with Crippen LogP contribution >= 0.6 is 0 Å². The molecule has 3 rings (SSSR count). The van der Waals surface area contributed by atoms with Crippen molar-refractivity contribution in [2.24, 2.45) is 5.10 Å². The predicted octanol–water partition coefficient (Wildman–Crippen LogP) is 2.34. The maximum absolute atomic E-state index is 11.8. The molecule has 5 nitrogen and oxygen atoms in total. The monoisotopic (exact) mass is 266 g/mol. The molecule has 1 aliphatic rings. The number of carbonyl (C=O) groups excluding carboxylic acids is 1. The maximum atomic E-state index is 11.8. The molecular formula is C15H14N4O. The van der Waals surface area contributed by atoms with Gasteiger partial charge in [-0.05, 0) is 24.3 Å². The Balaban J connectivity index is 1.95.